The van der Waals surface area contributed by atoms with Gasteiger partial charge in [0.1, 0.15) is 6.04 Å². The third-order valence-corrected chi connectivity index (χ3v) is 5.51. The van der Waals surface area contributed by atoms with Crippen molar-refractivity contribution >= 4 is 40.3 Å². The molecule has 6 heteroatoms. The molecule has 0 spiro atoms. The van der Waals surface area contributed by atoms with E-state index in [1.165, 1.54) is 16.2 Å². The van der Waals surface area contributed by atoms with Crippen molar-refractivity contribution in [2.45, 2.75) is 33.2 Å². The summed E-state index contributed by atoms with van der Waals surface area (Å²) >= 11 is 7.59. The molecule has 0 bridgehead atoms. The fourth-order valence-electron chi connectivity index (χ4n) is 3.18. The number of Topliss-reactive ketones (excluding diaryl/α,β-unsaturated/α-hetero) is 1. The molecule has 1 aromatic heterocycles. The van der Waals surface area contributed by atoms with Crippen molar-refractivity contribution in [2.75, 3.05) is 4.90 Å². The van der Waals surface area contributed by atoms with Crippen LogP contribution in [0.5, 0.6) is 0 Å². The van der Waals surface area contributed by atoms with E-state index in [9.17, 15) is 14.7 Å². The van der Waals surface area contributed by atoms with Gasteiger partial charge in [0.25, 0.3) is 5.91 Å². The average Bonchev–Trinajstić information content (AvgIpc) is 3.17. The Bertz CT molecular complexity index is 886. The van der Waals surface area contributed by atoms with E-state index in [1.54, 1.807) is 12.1 Å². The first-order valence-corrected chi connectivity index (χ1v) is 9.66. The van der Waals surface area contributed by atoms with Crippen molar-refractivity contribution in [1.29, 1.82) is 0 Å². The third kappa shape index (κ3) is 3.29. The lowest BCUT2D eigenvalue weighted by molar-refractivity contribution is -0.118. The standard InChI is InChI=1S/C20H20ClNO3S/c1-11(2)9-15(23)17-18(16-5-4-8-26-16)22(20(25)19(17)24)14-10-13(21)7-6-12(14)3/h4-8,10-11,18,24H,9H2,1-3H3. The molecule has 2 heterocycles. The molecule has 1 unspecified atom stereocenters. The Balaban J connectivity index is 2.15. The summed E-state index contributed by atoms with van der Waals surface area (Å²) in [7, 11) is 0. The van der Waals surface area contributed by atoms with Gasteiger partial charge in [0.15, 0.2) is 11.5 Å². The molecule has 0 saturated carbocycles. The molecule has 1 amide bonds. The smallest absolute Gasteiger partial charge is 0.294 e. The molecule has 2 aromatic rings. The first kappa shape index (κ1) is 18.7. The number of aryl methyl sites for hydroxylation is 1. The summed E-state index contributed by atoms with van der Waals surface area (Å²) in [6.07, 6.45) is 0.275. The summed E-state index contributed by atoms with van der Waals surface area (Å²) in [6.45, 7) is 5.74. The Labute approximate surface area is 161 Å². The van der Waals surface area contributed by atoms with Gasteiger partial charge in [-0.15, -0.1) is 11.3 Å². The van der Waals surface area contributed by atoms with Crippen LogP contribution in [0.1, 0.15) is 36.8 Å². The number of aliphatic hydroxyl groups excluding tert-OH is 1. The number of thiophene rings is 1. The van der Waals surface area contributed by atoms with Crippen molar-refractivity contribution in [3.05, 3.63) is 62.5 Å². The molecule has 0 saturated heterocycles. The van der Waals surface area contributed by atoms with Crippen LogP contribution in [-0.4, -0.2) is 16.8 Å². The number of anilines is 1. The van der Waals surface area contributed by atoms with E-state index >= 15 is 0 Å². The van der Waals surface area contributed by atoms with Crippen molar-refractivity contribution in [3.63, 3.8) is 0 Å². The van der Waals surface area contributed by atoms with Crippen molar-refractivity contribution in [1.82, 2.24) is 0 Å². The Hall–Kier alpha value is -2.11. The number of rotatable bonds is 5. The van der Waals surface area contributed by atoms with E-state index in [2.05, 4.69) is 0 Å². The molecule has 1 atom stereocenters. The quantitative estimate of drug-likeness (QED) is 0.762. The van der Waals surface area contributed by atoms with Crippen LogP contribution in [0.15, 0.2) is 47.0 Å². The largest absolute Gasteiger partial charge is 0.503 e. The van der Waals surface area contributed by atoms with Crippen molar-refractivity contribution in [2.24, 2.45) is 5.92 Å². The number of halogens is 1. The number of carbonyl (C=O) groups excluding carboxylic acids is 2. The number of ketones is 1. The summed E-state index contributed by atoms with van der Waals surface area (Å²) in [5, 5.41) is 12.9. The number of carbonyl (C=O) groups is 2. The molecule has 0 radical (unpaired) electrons. The first-order chi connectivity index (χ1) is 12.3. The van der Waals surface area contributed by atoms with E-state index in [0.717, 1.165) is 10.4 Å². The monoisotopic (exact) mass is 389 g/mol. The second kappa shape index (κ2) is 7.25. The van der Waals surface area contributed by atoms with Gasteiger partial charge < -0.3 is 5.11 Å². The van der Waals surface area contributed by atoms with Crippen molar-refractivity contribution < 1.29 is 14.7 Å². The van der Waals surface area contributed by atoms with Crippen LogP contribution in [0.2, 0.25) is 5.02 Å². The average molecular weight is 390 g/mol. The summed E-state index contributed by atoms with van der Waals surface area (Å²) in [4.78, 5) is 28.0. The fraction of sp³-hybridized carbons (Fsp3) is 0.300. The van der Waals surface area contributed by atoms with Crippen LogP contribution < -0.4 is 4.90 Å². The maximum atomic E-state index is 12.9. The number of aliphatic hydroxyl groups is 1. The van der Waals surface area contributed by atoms with Gasteiger partial charge >= 0.3 is 0 Å². The van der Waals surface area contributed by atoms with Gasteiger partial charge in [-0.25, -0.2) is 0 Å². The lowest BCUT2D eigenvalue weighted by Gasteiger charge is -2.27. The van der Waals surface area contributed by atoms with Crippen LogP contribution in [0.3, 0.4) is 0 Å². The third-order valence-electron chi connectivity index (χ3n) is 4.35. The van der Waals surface area contributed by atoms with Gasteiger partial charge in [-0.1, -0.05) is 37.6 Å². The minimum Gasteiger partial charge on any atom is -0.503 e. The Kier molecular flexibility index (Phi) is 5.21. The van der Waals surface area contributed by atoms with Gasteiger partial charge in [0.05, 0.1) is 5.57 Å². The maximum Gasteiger partial charge on any atom is 0.294 e. The summed E-state index contributed by atoms with van der Waals surface area (Å²) in [5.41, 5.74) is 1.61. The number of benzene rings is 1. The minimum atomic E-state index is -0.633. The summed E-state index contributed by atoms with van der Waals surface area (Å²) in [5.74, 6) is -1.11. The van der Waals surface area contributed by atoms with Gasteiger partial charge in [-0.3, -0.25) is 14.5 Å². The fourth-order valence-corrected chi connectivity index (χ4v) is 4.17. The number of nitrogens with zero attached hydrogens (tertiary/aromatic N) is 1. The second-order valence-electron chi connectivity index (χ2n) is 6.81. The molecular formula is C20H20ClNO3S. The first-order valence-electron chi connectivity index (χ1n) is 8.40. The molecule has 136 valence electrons. The highest BCUT2D eigenvalue weighted by Gasteiger charge is 2.45. The number of hydrogen-bond acceptors (Lipinski definition) is 4. The Morgan fingerprint density at radius 3 is 2.69 bits per heavy atom. The molecule has 1 N–H and O–H groups in total. The minimum absolute atomic E-state index is 0.129. The zero-order valence-corrected chi connectivity index (χ0v) is 16.4. The van der Waals surface area contributed by atoms with E-state index < -0.39 is 17.7 Å². The second-order valence-corrected chi connectivity index (χ2v) is 8.22. The van der Waals surface area contributed by atoms with Crippen LogP contribution >= 0.6 is 22.9 Å². The molecule has 3 rings (SSSR count). The Morgan fingerprint density at radius 2 is 2.08 bits per heavy atom. The van der Waals surface area contributed by atoms with Crippen LogP contribution in [-0.2, 0) is 9.59 Å². The molecular weight excluding hydrogens is 370 g/mol. The summed E-state index contributed by atoms with van der Waals surface area (Å²) in [6, 6.07) is 8.37. The van der Waals surface area contributed by atoms with Gasteiger partial charge in [-0.2, -0.15) is 0 Å². The molecule has 4 nitrogen and oxygen atoms in total. The lowest BCUT2D eigenvalue weighted by Crippen LogP contribution is -2.31. The van der Waals surface area contributed by atoms with Crippen LogP contribution in [0.4, 0.5) is 5.69 Å². The maximum absolute atomic E-state index is 12.9. The van der Waals surface area contributed by atoms with Gasteiger partial charge in [0.2, 0.25) is 0 Å². The number of hydrogen-bond donors (Lipinski definition) is 1. The van der Waals surface area contributed by atoms with E-state index in [-0.39, 0.29) is 23.7 Å². The van der Waals surface area contributed by atoms with Crippen molar-refractivity contribution in [3.8, 4) is 0 Å². The van der Waals surface area contributed by atoms with E-state index in [1.807, 2.05) is 44.4 Å². The highest BCUT2D eigenvalue weighted by molar-refractivity contribution is 7.10. The SMILES string of the molecule is Cc1ccc(Cl)cc1N1C(=O)C(O)=C(C(=O)CC(C)C)C1c1cccs1. The van der Waals surface area contributed by atoms with Gasteiger partial charge in [-0.05, 0) is 42.0 Å². The molecule has 1 aliphatic rings. The topological polar surface area (TPSA) is 57.6 Å². The van der Waals surface area contributed by atoms with Crippen LogP contribution in [0.25, 0.3) is 0 Å². The predicted octanol–water partition coefficient (Wildman–Crippen LogP) is 5.23. The highest BCUT2D eigenvalue weighted by atomic mass is 35.5. The molecule has 1 aliphatic heterocycles. The Morgan fingerprint density at radius 1 is 1.35 bits per heavy atom. The lowest BCUT2D eigenvalue weighted by atomic mass is 9.95. The molecule has 1 aromatic carbocycles. The van der Waals surface area contributed by atoms with Crippen LogP contribution in [0, 0.1) is 12.8 Å². The molecule has 0 aliphatic carbocycles. The van der Waals surface area contributed by atoms with Gasteiger partial charge in [0, 0.05) is 22.0 Å². The zero-order chi connectivity index (χ0) is 19.0. The number of amides is 1. The summed E-state index contributed by atoms with van der Waals surface area (Å²) < 4.78 is 0. The predicted molar refractivity (Wildman–Crippen MR) is 105 cm³/mol. The molecule has 26 heavy (non-hydrogen) atoms. The molecule has 0 fully saturated rings. The normalized spacial score (nSPS) is 17.5. The van der Waals surface area contributed by atoms with E-state index in [4.69, 9.17) is 11.6 Å². The zero-order valence-electron chi connectivity index (χ0n) is 14.8. The van der Waals surface area contributed by atoms with E-state index in [0.29, 0.717) is 10.7 Å². The highest BCUT2D eigenvalue weighted by Crippen LogP contribution is 2.44.